The highest BCUT2D eigenvalue weighted by molar-refractivity contribution is 5.76. The van der Waals surface area contributed by atoms with Gasteiger partial charge in [-0.1, -0.05) is 12.1 Å². The molecule has 0 saturated heterocycles. The smallest absolute Gasteiger partial charge is 0.131 e. The molecule has 1 aromatic carbocycles. The first kappa shape index (κ1) is 11.7. The molecule has 1 rings (SSSR count). The Balaban J connectivity index is 2.78. The van der Waals surface area contributed by atoms with Gasteiger partial charge >= 0.3 is 0 Å². The van der Waals surface area contributed by atoms with E-state index in [2.05, 4.69) is 5.32 Å². The summed E-state index contributed by atoms with van der Waals surface area (Å²) in [4.78, 5) is 11.0. The normalized spacial score (nSPS) is 12.2. The Bertz CT molecular complexity index is 319. The molecule has 0 saturated carbocycles. The average molecular weight is 207 g/mol. The third-order valence-electron chi connectivity index (χ3n) is 2.36. The SMILES string of the molecule is CNC(CC(C)=O)c1ccc(OC)cc1. The molecule has 1 unspecified atom stereocenters. The molecule has 0 bridgehead atoms. The number of benzene rings is 1. The predicted molar refractivity (Wildman–Crippen MR) is 60.1 cm³/mol. The van der Waals surface area contributed by atoms with Crippen LogP contribution in [0.25, 0.3) is 0 Å². The van der Waals surface area contributed by atoms with E-state index in [1.807, 2.05) is 31.3 Å². The van der Waals surface area contributed by atoms with Crippen molar-refractivity contribution < 1.29 is 9.53 Å². The summed E-state index contributed by atoms with van der Waals surface area (Å²) in [5.74, 6) is 1.02. The number of ketones is 1. The molecule has 1 N–H and O–H groups in total. The molecule has 15 heavy (non-hydrogen) atoms. The van der Waals surface area contributed by atoms with E-state index in [4.69, 9.17) is 4.74 Å². The van der Waals surface area contributed by atoms with Gasteiger partial charge < -0.3 is 10.1 Å². The zero-order valence-corrected chi connectivity index (χ0v) is 9.41. The number of ether oxygens (including phenoxy) is 1. The second-order valence-corrected chi connectivity index (χ2v) is 3.52. The van der Waals surface area contributed by atoms with Crippen molar-refractivity contribution in [2.45, 2.75) is 19.4 Å². The number of rotatable bonds is 5. The van der Waals surface area contributed by atoms with Gasteiger partial charge in [-0.05, 0) is 31.7 Å². The fourth-order valence-electron chi connectivity index (χ4n) is 1.51. The number of nitrogens with one attached hydrogen (secondary N) is 1. The predicted octanol–water partition coefficient (Wildman–Crippen LogP) is 1.93. The van der Waals surface area contributed by atoms with Crippen molar-refractivity contribution in [2.24, 2.45) is 0 Å². The Morgan fingerprint density at radius 1 is 1.40 bits per heavy atom. The average Bonchev–Trinajstić information content (AvgIpc) is 2.26. The summed E-state index contributed by atoms with van der Waals surface area (Å²) in [7, 11) is 3.50. The van der Waals surface area contributed by atoms with E-state index in [1.54, 1.807) is 14.0 Å². The van der Waals surface area contributed by atoms with Crippen molar-refractivity contribution in [3.63, 3.8) is 0 Å². The molecule has 0 aliphatic heterocycles. The van der Waals surface area contributed by atoms with Crippen LogP contribution in [-0.4, -0.2) is 19.9 Å². The number of hydrogen-bond acceptors (Lipinski definition) is 3. The van der Waals surface area contributed by atoms with Gasteiger partial charge in [-0.3, -0.25) is 4.79 Å². The summed E-state index contributed by atoms with van der Waals surface area (Å²) in [5, 5.41) is 3.13. The van der Waals surface area contributed by atoms with Crippen molar-refractivity contribution in [2.75, 3.05) is 14.2 Å². The van der Waals surface area contributed by atoms with E-state index in [1.165, 1.54) is 0 Å². The molecule has 0 fully saturated rings. The monoisotopic (exact) mass is 207 g/mol. The number of hydrogen-bond donors (Lipinski definition) is 1. The molecule has 0 aliphatic carbocycles. The Labute approximate surface area is 90.4 Å². The van der Waals surface area contributed by atoms with Crippen molar-refractivity contribution in [1.82, 2.24) is 5.32 Å². The van der Waals surface area contributed by atoms with E-state index < -0.39 is 0 Å². The maximum absolute atomic E-state index is 11.0. The van der Waals surface area contributed by atoms with Gasteiger partial charge in [0.05, 0.1) is 7.11 Å². The molecular weight excluding hydrogens is 190 g/mol. The second-order valence-electron chi connectivity index (χ2n) is 3.52. The van der Waals surface area contributed by atoms with Gasteiger partial charge in [0.15, 0.2) is 0 Å². The minimum atomic E-state index is 0.0911. The highest BCUT2D eigenvalue weighted by Crippen LogP contribution is 2.19. The molecule has 82 valence electrons. The molecule has 3 heteroatoms. The van der Waals surface area contributed by atoms with E-state index >= 15 is 0 Å². The molecule has 0 amide bonds. The molecule has 0 spiro atoms. The van der Waals surface area contributed by atoms with Crippen LogP contribution in [-0.2, 0) is 4.79 Å². The summed E-state index contributed by atoms with van der Waals surface area (Å²) in [5.41, 5.74) is 1.11. The number of carbonyl (C=O) groups excluding carboxylic acids is 1. The number of Topliss-reactive ketones (excluding diaryl/α,β-unsaturated/α-hetero) is 1. The second kappa shape index (κ2) is 5.51. The molecular formula is C12H17NO2. The van der Waals surface area contributed by atoms with Crippen LogP contribution in [0, 0.1) is 0 Å². The van der Waals surface area contributed by atoms with Crippen LogP contribution < -0.4 is 10.1 Å². The van der Waals surface area contributed by atoms with Crippen LogP contribution in [0.2, 0.25) is 0 Å². The lowest BCUT2D eigenvalue weighted by atomic mass is 10.0. The minimum Gasteiger partial charge on any atom is -0.497 e. The molecule has 3 nitrogen and oxygen atoms in total. The molecule has 0 aliphatic rings. The Hall–Kier alpha value is -1.35. The van der Waals surface area contributed by atoms with Crippen molar-refractivity contribution in [1.29, 1.82) is 0 Å². The standard InChI is InChI=1S/C12H17NO2/c1-9(14)8-12(13-2)10-4-6-11(15-3)7-5-10/h4-7,12-13H,8H2,1-3H3. The van der Waals surface area contributed by atoms with Gasteiger partial charge in [-0.2, -0.15) is 0 Å². The Morgan fingerprint density at radius 2 is 2.00 bits per heavy atom. The summed E-state index contributed by atoms with van der Waals surface area (Å²) in [6.07, 6.45) is 0.517. The lowest BCUT2D eigenvalue weighted by molar-refractivity contribution is -0.117. The van der Waals surface area contributed by atoms with Crippen LogP contribution in [0.15, 0.2) is 24.3 Å². The van der Waals surface area contributed by atoms with Crippen LogP contribution in [0.1, 0.15) is 24.9 Å². The third kappa shape index (κ3) is 3.36. The van der Waals surface area contributed by atoms with E-state index in [0.717, 1.165) is 11.3 Å². The van der Waals surface area contributed by atoms with Gasteiger partial charge in [-0.15, -0.1) is 0 Å². The fraction of sp³-hybridized carbons (Fsp3) is 0.417. The topological polar surface area (TPSA) is 38.3 Å². The van der Waals surface area contributed by atoms with Crippen molar-refractivity contribution in [3.05, 3.63) is 29.8 Å². The lowest BCUT2D eigenvalue weighted by Crippen LogP contribution is -2.18. The summed E-state index contributed by atoms with van der Waals surface area (Å²) >= 11 is 0. The molecule has 1 aromatic rings. The van der Waals surface area contributed by atoms with Gasteiger partial charge in [0.25, 0.3) is 0 Å². The zero-order valence-electron chi connectivity index (χ0n) is 9.41. The zero-order chi connectivity index (χ0) is 11.3. The largest absolute Gasteiger partial charge is 0.497 e. The number of methoxy groups -OCH3 is 1. The first-order chi connectivity index (χ1) is 7.17. The van der Waals surface area contributed by atoms with Crippen molar-refractivity contribution >= 4 is 5.78 Å². The fourth-order valence-corrected chi connectivity index (χ4v) is 1.51. The van der Waals surface area contributed by atoms with Gasteiger partial charge in [0.2, 0.25) is 0 Å². The molecule has 0 aromatic heterocycles. The molecule has 0 radical (unpaired) electrons. The van der Waals surface area contributed by atoms with Crippen LogP contribution in [0.5, 0.6) is 5.75 Å². The highest BCUT2D eigenvalue weighted by atomic mass is 16.5. The third-order valence-corrected chi connectivity index (χ3v) is 2.36. The summed E-state index contributed by atoms with van der Waals surface area (Å²) in [6, 6.07) is 7.85. The maximum Gasteiger partial charge on any atom is 0.131 e. The quantitative estimate of drug-likeness (QED) is 0.801. The van der Waals surface area contributed by atoms with E-state index in [-0.39, 0.29) is 11.8 Å². The number of carbonyl (C=O) groups is 1. The van der Waals surface area contributed by atoms with Gasteiger partial charge in [0.1, 0.15) is 11.5 Å². The minimum absolute atomic E-state index is 0.0911. The molecule has 0 heterocycles. The maximum atomic E-state index is 11.0. The molecule has 1 atom stereocenters. The Kier molecular flexibility index (Phi) is 4.31. The first-order valence-electron chi connectivity index (χ1n) is 4.98. The van der Waals surface area contributed by atoms with Crippen LogP contribution in [0.3, 0.4) is 0 Å². The first-order valence-corrected chi connectivity index (χ1v) is 4.98. The highest BCUT2D eigenvalue weighted by Gasteiger charge is 2.11. The van der Waals surface area contributed by atoms with Gasteiger partial charge in [-0.25, -0.2) is 0 Å². The van der Waals surface area contributed by atoms with Gasteiger partial charge in [0, 0.05) is 12.5 Å². The summed E-state index contributed by atoms with van der Waals surface area (Å²) < 4.78 is 5.08. The van der Waals surface area contributed by atoms with Crippen LogP contribution in [0.4, 0.5) is 0 Å². The van der Waals surface area contributed by atoms with Crippen LogP contribution >= 0.6 is 0 Å². The summed E-state index contributed by atoms with van der Waals surface area (Å²) in [6.45, 7) is 1.61. The lowest BCUT2D eigenvalue weighted by Gasteiger charge is -2.15. The Morgan fingerprint density at radius 3 is 2.40 bits per heavy atom. The van der Waals surface area contributed by atoms with Crippen molar-refractivity contribution in [3.8, 4) is 5.75 Å². The van der Waals surface area contributed by atoms with E-state index in [9.17, 15) is 4.79 Å². The van der Waals surface area contributed by atoms with E-state index in [0.29, 0.717) is 6.42 Å².